The summed E-state index contributed by atoms with van der Waals surface area (Å²) in [4.78, 5) is 19.6. The van der Waals surface area contributed by atoms with Crippen LogP contribution in [0.3, 0.4) is 0 Å². The Morgan fingerprint density at radius 1 is 1.08 bits per heavy atom. The van der Waals surface area contributed by atoms with Crippen molar-refractivity contribution in [3.05, 3.63) is 108 Å². The molecule has 5 rings (SSSR count). The average Bonchev–Trinajstić information content (AvgIpc) is 3.52. The van der Waals surface area contributed by atoms with Crippen LogP contribution in [0.2, 0.25) is 0 Å². The van der Waals surface area contributed by atoms with Gasteiger partial charge >= 0.3 is 0 Å². The lowest BCUT2D eigenvalue weighted by Gasteiger charge is -2.29. The van der Waals surface area contributed by atoms with Crippen LogP contribution in [0.15, 0.2) is 91.3 Å². The number of rotatable bonds is 8. The zero-order valence-electron chi connectivity index (χ0n) is 20.8. The van der Waals surface area contributed by atoms with Gasteiger partial charge in [0.25, 0.3) is 0 Å². The molecule has 1 aliphatic heterocycles. The number of aryl methyl sites for hydroxylation is 1. The Hall–Kier alpha value is -4.17. The smallest absolute Gasteiger partial charge is 0.226 e. The van der Waals surface area contributed by atoms with Crippen molar-refractivity contribution in [1.82, 2.24) is 19.8 Å². The van der Waals surface area contributed by atoms with Crippen molar-refractivity contribution >= 4 is 28.9 Å². The Bertz CT molecular complexity index is 1400. The molecule has 2 atom stereocenters. The molecule has 3 heterocycles. The molecule has 0 aliphatic carbocycles. The number of anilines is 1. The van der Waals surface area contributed by atoms with Crippen LogP contribution in [-0.4, -0.2) is 39.1 Å². The third-order valence-electron chi connectivity index (χ3n) is 6.51. The third kappa shape index (κ3) is 5.20. The molecule has 188 valence electrons. The Morgan fingerprint density at radius 2 is 1.92 bits per heavy atom. The van der Waals surface area contributed by atoms with E-state index in [0.717, 1.165) is 34.1 Å². The van der Waals surface area contributed by atoms with Crippen molar-refractivity contribution in [3.63, 3.8) is 0 Å². The molecule has 1 saturated heterocycles. The maximum absolute atomic E-state index is 12.9. The number of para-hydroxylation sites is 2. The van der Waals surface area contributed by atoms with Gasteiger partial charge in [-0.1, -0.05) is 30.3 Å². The number of hydrogen-bond acceptors (Lipinski definition) is 4. The van der Waals surface area contributed by atoms with Crippen molar-refractivity contribution in [1.29, 1.82) is 0 Å². The minimum atomic E-state index is -0.186. The summed E-state index contributed by atoms with van der Waals surface area (Å²) in [6.45, 7) is 2.46. The monoisotopic (exact) mass is 511 g/mol. The Morgan fingerprint density at radius 3 is 2.70 bits per heavy atom. The molecule has 0 unspecified atom stereocenters. The van der Waals surface area contributed by atoms with Crippen molar-refractivity contribution < 1.29 is 9.53 Å². The summed E-state index contributed by atoms with van der Waals surface area (Å²) >= 11 is 5.80. The van der Waals surface area contributed by atoms with Gasteiger partial charge in [-0.25, -0.2) is 0 Å². The van der Waals surface area contributed by atoms with Gasteiger partial charge in [0.15, 0.2) is 5.11 Å². The maximum atomic E-state index is 12.9. The number of benzene rings is 2. The first-order valence-electron chi connectivity index (χ1n) is 12.2. The van der Waals surface area contributed by atoms with E-state index in [4.69, 9.17) is 17.0 Å². The topological polar surface area (TPSA) is 71.4 Å². The van der Waals surface area contributed by atoms with Gasteiger partial charge in [-0.2, -0.15) is 0 Å². The number of nitrogens with one attached hydrogen (secondary N) is 2. The lowest BCUT2D eigenvalue weighted by Crippen LogP contribution is -2.33. The molecule has 1 fully saturated rings. The van der Waals surface area contributed by atoms with Crippen LogP contribution in [0.4, 0.5) is 5.69 Å². The number of amides is 1. The number of thiocarbonyl (C=S) groups is 1. The molecular weight excluding hydrogens is 482 g/mol. The van der Waals surface area contributed by atoms with E-state index in [2.05, 4.69) is 31.2 Å². The number of pyridine rings is 1. The zero-order valence-corrected chi connectivity index (χ0v) is 21.6. The van der Waals surface area contributed by atoms with Gasteiger partial charge in [-0.15, -0.1) is 0 Å². The number of carbonyl (C=O) groups excluding carboxylic acids is 1. The summed E-state index contributed by atoms with van der Waals surface area (Å²) in [6.07, 6.45) is 4.09. The first-order valence-corrected chi connectivity index (χ1v) is 12.6. The Labute approximate surface area is 222 Å². The first-order chi connectivity index (χ1) is 18.0. The minimum Gasteiger partial charge on any atom is -0.495 e. The van der Waals surface area contributed by atoms with E-state index in [1.807, 2.05) is 85.9 Å². The number of nitrogens with zero attached hydrogens (tertiary/aromatic N) is 3. The molecule has 0 bridgehead atoms. The summed E-state index contributed by atoms with van der Waals surface area (Å²) in [5, 5.41) is 7.06. The molecule has 0 saturated carbocycles. The van der Waals surface area contributed by atoms with E-state index in [1.165, 1.54) is 0 Å². The minimum absolute atomic E-state index is 0.0615. The quantitative estimate of drug-likeness (QED) is 0.317. The predicted molar refractivity (Wildman–Crippen MR) is 149 cm³/mol. The van der Waals surface area contributed by atoms with Crippen molar-refractivity contribution in [3.8, 4) is 11.4 Å². The van der Waals surface area contributed by atoms with Crippen LogP contribution in [0.1, 0.15) is 35.5 Å². The van der Waals surface area contributed by atoms with E-state index in [1.54, 1.807) is 13.3 Å². The van der Waals surface area contributed by atoms with Crippen LogP contribution in [0.5, 0.6) is 5.75 Å². The van der Waals surface area contributed by atoms with Gasteiger partial charge in [-0.3, -0.25) is 9.78 Å². The SMILES string of the molecule is COc1ccccc1-n1cccc1[C@H]1[C@@H](c2ccccn2)NC(=S)N1CCC(=O)Nc1cccc(C)c1. The number of carbonyl (C=O) groups is 1. The number of methoxy groups -OCH3 is 1. The molecule has 7 nitrogen and oxygen atoms in total. The molecule has 8 heteroatoms. The first kappa shape index (κ1) is 24.5. The third-order valence-corrected chi connectivity index (χ3v) is 6.86. The molecule has 0 radical (unpaired) electrons. The zero-order chi connectivity index (χ0) is 25.8. The van der Waals surface area contributed by atoms with Crippen LogP contribution in [0, 0.1) is 6.92 Å². The number of hydrogen-bond donors (Lipinski definition) is 2. The Balaban J connectivity index is 1.46. The molecular formula is C29H29N5O2S. The van der Waals surface area contributed by atoms with Crippen molar-refractivity contribution in [2.45, 2.75) is 25.4 Å². The second kappa shape index (κ2) is 10.8. The van der Waals surface area contributed by atoms with Gasteiger partial charge in [0.05, 0.1) is 30.6 Å². The van der Waals surface area contributed by atoms with Crippen LogP contribution in [0.25, 0.3) is 5.69 Å². The standard InChI is InChI=1S/C29H29N5O2S/c1-20-9-7-10-21(19-20)31-26(35)15-18-34-28(27(32-29(34)37)22-11-5-6-16-30-22)24-13-8-17-33(24)23-12-3-4-14-25(23)36-2/h3-14,16-17,19,27-28H,15,18H2,1-2H3,(H,31,35)(H,32,37)/t27-,28+/m1/s1. The normalized spacial score (nSPS) is 16.9. The average molecular weight is 512 g/mol. The van der Waals surface area contributed by atoms with E-state index in [9.17, 15) is 4.79 Å². The largest absolute Gasteiger partial charge is 0.495 e. The Kier molecular flexibility index (Phi) is 7.18. The van der Waals surface area contributed by atoms with E-state index in [-0.39, 0.29) is 24.4 Å². The fourth-order valence-electron chi connectivity index (χ4n) is 4.82. The summed E-state index contributed by atoms with van der Waals surface area (Å²) in [6, 6.07) is 25.3. The van der Waals surface area contributed by atoms with E-state index >= 15 is 0 Å². The van der Waals surface area contributed by atoms with Gasteiger partial charge in [-0.05, 0) is 73.2 Å². The van der Waals surface area contributed by atoms with E-state index in [0.29, 0.717) is 11.7 Å². The highest BCUT2D eigenvalue weighted by Gasteiger charge is 2.41. The highest BCUT2D eigenvalue weighted by Crippen LogP contribution is 2.40. The van der Waals surface area contributed by atoms with Gasteiger partial charge in [0.2, 0.25) is 5.91 Å². The molecule has 0 spiro atoms. The second-order valence-electron chi connectivity index (χ2n) is 8.96. The molecule has 1 aliphatic rings. The summed E-state index contributed by atoms with van der Waals surface area (Å²) in [7, 11) is 1.67. The fraction of sp³-hybridized carbons (Fsp3) is 0.207. The van der Waals surface area contributed by atoms with E-state index < -0.39 is 0 Å². The highest BCUT2D eigenvalue weighted by molar-refractivity contribution is 7.80. The molecule has 4 aromatic rings. The molecule has 1 amide bonds. The van der Waals surface area contributed by atoms with Crippen LogP contribution in [-0.2, 0) is 4.79 Å². The van der Waals surface area contributed by atoms with Gasteiger partial charge in [0, 0.05) is 36.7 Å². The van der Waals surface area contributed by atoms with Crippen molar-refractivity contribution in [2.24, 2.45) is 0 Å². The second-order valence-corrected chi connectivity index (χ2v) is 9.35. The maximum Gasteiger partial charge on any atom is 0.226 e. The number of ether oxygens (including phenoxy) is 1. The fourth-order valence-corrected chi connectivity index (χ4v) is 5.15. The summed E-state index contributed by atoms with van der Waals surface area (Å²) < 4.78 is 7.77. The van der Waals surface area contributed by atoms with Gasteiger partial charge < -0.3 is 24.8 Å². The summed E-state index contributed by atoms with van der Waals surface area (Å²) in [5.41, 5.74) is 4.72. The molecule has 2 aromatic heterocycles. The molecule has 2 N–H and O–H groups in total. The highest BCUT2D eigenvalue weighted by atomic mass is 32.1. The molecule has 2 aromatic carbocycles. The molecule has 37 heavy (non-hydrogen) atoms. The van der Waals surface area contributed by atoms with Crippen LogP contribution < -0.4 is 15.4 Å². The van der Waals surface area contributed by atoms with Gasteiger partial charge in [0.1, 0.15) is 5.75 Å². The summed E-state index contributed by atoms with van der Waals surface area (Å²) in [5.74, 6) is 0.709. The lowest BCUT2D eigenvalue weighted by molar-refractivity contribution is -0.116. The lowest BCUT2D eigenvalue weighted by atomic mass is 10.0. The van der Waals surface area contributed by atoms with Crippen LogP contribution >= 0.6 is 12.2 Å². The van der Waals surface area contributed by atoms with Crippen molar-refractivity contribution in [2.75, 3.05) is 19.0 Å². The predicted octanol–water partition coefficient (Wildman–Crippen LogP) is 5.19. The number of aromatic nitrogens is 2.